The van der Waals surface area contributed by atoms with Crippen LogP contribution >= 0.6 is 0 Å². The van der Waals surface area contributed by atoms with Crippen LogP contribution in [0.4, 0.5) is 8.78 Å². The van der Waals surface area contributed by atoms with E-state index in [1.54, 1.807) is 24.3 Å². The lowest BCUT2D eigenvalue weighted by Crippen LogP contribution is -2.33. The SMILES string of the molecule is Fc1ccc(C2=NN3[C@H](C2)c2ccccc2O[C@H]3c2ccc(F)cc2)cc1. The van der Waals surface area contributed by atoms with Crippen molar-refractivity contribution in [3.05, 3.63) is 101 Å². The van der Waals surface area contributed by atoms with E-state index >= 15 is 0 Å². The van der Waals surface area contributed by atoms with Gasteiger partial charge >= 0.3 is 0 Å². The van der Waals surface area contributed by atoms with Gasteiger partial charge in [-0.15, -0.1) is 0 Å². The minimum atomic E-state index is -0.441. The van der Waals surface area contributed by atoms with Gasteiger partial charge in [-0.25, -0.2) is 13.8 Å². The van der Waals surface area contributed by atoms with Crippen molar-refractivity contribution >= 4 is 5.71 Å². The van der Waals surface area contributed by atoms with Gasteiger partial charge in [0, 0.05) is 17.5 Å². The number of nitrogens with zero attached hydrogens (tertiary/aromatic N) is 2. The van der Waals surface area contributed by atoms with Crippen molar-refractivity contribution in [1.82, 2.24) is 5.01 Å². The van der Waals surface area contributed by atoms with E-state index in [9.17, 15) is 8.78 Å². The van der Waals surface area contributed by atoms with Gasteiger partial charge in [0.2, 0.25) is 6.23 Å². The standard InChI is InChI=1S/C22H16F2N2O/c23-16-9-5-14(6-10-16)19-13-20-18-3-1-2-4-21(18)27-22(26(20)25-19)15-7-11-17(24)12-8-15/h1-12,20,22H,13H2/t20-,22+/m1/s1. The summed E-state index contributed by atoms with van der Waals surface area (Å²) in [5.74, 6) is 0.250. The molecule has 5 rings (SSSR count). The number of hydrazone groups is 1. The first-order chi connectivity index (χ1) is 13.2. The highest BCUT2D eigenvalue weighted by Gasteiger charge is 2.40. The summed E-state index contributed by atoms with van der Waals surface area (Å²) in [5.41, 5.74) is 3.67. The summed E-state index contributed by atoms with van der Waals surface area (Å²) in [4.78, 5) is 0. The topological polar surface area (TPSA) is 24.8 Å². The van der Waals surface area contributed by atoms with Crippen LogP contribution in [0.15, 0.2) is 77.9 Å². The summed E-state index contributed by atoms with van der Waals surface area (Å²) in [6.07, 6.45) is 0.257. The molecule has 0 saturated carbocycles. The monoisotopic (exact) mass is 362 g/mol. The Morgan fingerprint density at radius 3 is 2.26 bits per heavy atom. The van der Waals surface area contributed by atoms with Crippen molar-refractivity contribution in [3.8, 4) is 5.75 Å². The van der Waals surface area contributed by atoms with Gasteiger partial charge in [0.05, 0.1) is 11.8 Å². The molecule has 27 heavy (non-hydrogen) atoms. The maximum atomic E-state index is 13.4. The molecule has 2 aliphatic rings. The second kappa shape index (κ2) is 6.20. The molecule has 2 aliphatic heterocycles. The van der Waals surface area contributed by atoms with Crippen LogP contribution < -0.4 is 4.74 Å². The third-order valence-corrected chi connectivity index (χ3v) is 5.03. The van der Waals surface area contributed by atoms with Gasteiger partial charge in [-0.3, -0.25) is 0 Å². The molecule has 2 atom stereocenters. The van der Waals surface area contributed by atoms with Gasteiger partial charge in [0.15, 0.2) is 0 Å². The molecule has 0 fully saturated rings. The molecule has 3 aromatic rings. The molecule has 5 heteroatoms. The van der Waals surface area contributed by atoms with Crippen LogP contribution in [0.5, 0.6) is 5.75 Å². The van der Waals surface area contributed by atoms with Crippen molar-refractivity contribution in [3.63, 3.8) is 0 Å². The number of benzene rings is 3. The molecular weight excluding hydrogens is 346 g/mol. The maximum Gasteiger partial charge on any atom is 0.213 e. The average Bonchev–Trinajstić information content (AvgIpc) is 3.14. The smallest absolute Gasteiger partial charge is 0.213 e. The molecule has 3 aromatic carbocycles. The molecule has 0 aliphatic carbocycles. The van der Waals surface area contributed by atoms with Crippen LogP contribution in [0, 0.1) is 11.6 Å². The fourth-order valence-electron chi connectivity index (χ4n) is 3.70. The van der Waals surface area contributed by atoms with E-state index in [0.29, 0.717) is 6.42 Å². The highest BCUT2D eigenvalue weighted by Crippen LogP contribution is 2.47. The normalized spacial score (nSPS) is 20.5. The summed E-state index contributed by atoms with van der Waals surface area (Å²) in [6, 6.07) is 20.6. The van der Waals surface area contributed by atoms with Crippen LogP contribution in [-0.4, -0.2) is 10.7 Å². The molecule has 0 unspecified atom stereocenters. The molecule has 0 N–H and O–H groups in total. The van der Waals surface area contributed by atoms with Gasteiger partial charge in [0.25, 0.3) is 0 Å². The fourth-order valence-corrected chi connectivity index (χ4v) is 3.70. The summed E-state index contributed by atoms with van der Waals surface area (Å²) < 4.78 is 32.9. The quantitative estimate of drug-likeness (QED) is 0.625. The van der Waals surface area contributed by atoms with E-state index in [1.807, 2.05) is 29.3 Å². The van der Waals surface area contributed by atoms with E-state index in [4.69, 9.17) is 9.84 Å². The average molecular weight is 362 g/mol. The van der Waals surface area contributed by atoms with E-state index in [2.05, 4.69) is 0 Å². The zero-order chi connectivity index (χ0) is 18.4. The van der Waals surface area contributed by atoms with Gasteiger partial charge in [-0.1, -0.05) is 42.5 Å². The van der Waals surface area contributed by atoms with Gasteiger partial charge < -0.3 is 4.74 Å². The van der Waals surface area contributed by atoms with E-state index in [1.165, 1.54) is 24.3 Å². The Morgan fingerprint density at radius 1 is 0.852 bits per heavy atom. The van der Waals surface area contributed by atoms with Gasteiger partial charge in [-0.2, -0.15) is 5.10 Å². The molecular formula is C22H16F2N2O. The Bertz CT molecular complexity index is 1020. The minimum Gasteiger partial charge on any atom is -0.464 e. The third-order valence-electron chi connectivity index (χ3n) is 5.03. The Hall–Kier alpha value is -3.21. The summed E-state index contributed by atoms with van der Waals surface area (Å²) in [5, 5.41) is 6.72. The van der Waals surface area contributed by atoms with Gasteiger partial charge in [0.1, 0.15) is 17.4 Å². The first-order valence-corrected chi connectivity index (χ1v) is 8.82. The molecule has 0 spiro atoms. The van der Waals surface area contributed by atoms with Gasteiger partial charge in [-0.05, 0) is 35.9 Å². The zero-order valence-electron chi connectivity index (χ0n) is 14.3. The van der Waals surface area contributed by atoms with Crippen LogP contribution in [-0.2, 0) is 0 Å². The van der Waals surface area contributed by atoms with Crippen LogP contribution in [0.1, 0.15) is 35.4 Å². The van der Waals surface area contributed by atoms with E-state index in [0.717, 1.165) is 28.2 Å². The molecule has 0 saturated heterocycles. The molecule has 0 amide bonds. The highest BCUT2D eigenvalue weighted by molar-refractivity contribution is 6.01. The molecule has 2 heterocycles. The van der Waals surface area contributed by atoms with Crippen LogP contribution in [0.2, 0.25) is 0 Å². The van der Waals surface area contributed by atoms with Crippen molar-refractivity contribution in [2.45, 2.75) is 18.7 Å². The second-order valence-electron chi connectivity index (χ2n) is 6.71. The highest BCUT2D eigenvalue weighted by atomic mass is 19.1. The second-order valence-corrected chi connectivity index (χ2v) is 6.71. The first-order valence-electron chi connectivity index (χ1n) is 8.82. The van der Waals surface area contributed by atoms with Crippen molar-refractivity contribution in [2.24, 2.45) is 5.10 Å². The Labute approximate surface area is 155 Å². The number of fused-ring (bicyclic) bond motifs is 3. The largest absolute Gasteiger partial charge is 0.464 e. The van der Waals surface area contributed by atoms with Crippen LogP contribution in [0.3, 0.4) is 0 Å². The first kappa shape index (κ1) is 16.0. The van der Waals surface area contributed by atoms with E-state index < -0.39 is 6.23 Å². The number of rotatable bonds is 2. The zero-order valence-corrected chi connectivity index (χ0v) is 14.3. The molecule has 134 valence electrons. The number of hydrogen-bond donors (Lipinski definition) is 0. The lowest BCUT2D eigenvalue weighted by Gasteiger charge is -2.38. The van der Waals surface area contributed by atoms with Crippen molar-refractivity contribution in [2.75, 3.05) is 0 Å². The predicted octanol–water partition coefficient (Wildman–Crippen LogP) is 5.21. The molecule has 0 aromatic heterocycles. The summed E-state index contributed by atoms with van der Waals surface area (Å²) in [7, 11) is 0. The third kappa shape index (κ3) is 2.76. The van der Waals surface area contributed by atoms with Crippen molar-refractivity contribution < 1.29 is 13.5 Å². The number of para-hydroxylation sites is 1. The Morgan fingerprint density at radius 2 is 1.52 bits per heavy atom. The number of halogens is 2. The van der Waals surface area contributed by atoms with Crippen LogP contribution in [0.25, 0.3) is 0 Å². The number of hydrogen-bond acceptors (Lipinski definition) is 3. The molecule has 0 radical (unpaired) electrons. The predicted molar refractivity (Wildman–Crippen MR) is 98.3 cm³/mol. The maximum absolute atomic E-state index is 13.4. The molecule has 0 bridgehead atoms. The lowest BCUT2D eigenvalue weighted by molar-refractivity contribution is -0.0190. The minimum absolute atomic E-state index is 0.0186. The van der Waals surface area contributed by atoms with Crippen molar-refractivity contribution in [1.29, 1.82) is 0 Å². The lowest BCUT2D eigenvalue weighted by atomic mass is 9.96. The summed E-state index contributed by atoms with van der Waals surface area (Å²) in [6.45, 7) is 0. The summed E-state index contributed by atoms with van der Waals surface area (Å²) >= 11 is 0. The number of ether oxygens (including phenoxy) is 1. The van der Waals surface area contributed by atoms with E-state index in [-0.39, 0.29) is 17.7 Å². The fraction of sp³-hybridized carbons (Fsp3) is 0.136. The Balaban J connectivity index is 1.58. The Kier molecular flexibility index (Phi) is 3.67. The molecule has 3 nitrogen and oxygen atoms in total.